The van der Waals surface area contributed by atoms with Crippen molar-refractivity contribution in [3.05, 3.63) is 90.4 Å². The summed E-state index contributed by atoms with van der Waals surface area (Å²) >= 11 is 0. The average molecular weight is 466 g/mol. The summed E-state index contributed by atoms with van der Waals surface area (Å²) in [5.41, 5.74) is 2.60. The van der Waals surface area contributed by atoms with Gasteiger partial charge in [0, 0.05) is 16.8 Å². The Morgan fingerprint density at radius 3 is 2.63 bits per heavy atom. The second-order valence-corrected chi connectivity index (χ2v) is 8.27. The monoisotopic (exact) mass is 466 g/mol. The SMILES string of the molecule is O=C(Nc1cccc(-c2nnnn2C2CC2)c1)c1ccccc1-c1ncc(-c2ccccc2F)o1. The molecule has 1 aliphatic rings. The van der Waals surface area contributed by atoms with Crippen LogP contribution in [0.15, 0.2) is 83.4 Å². The number of anilines is 1. The molecule has 3 aromatic carbocycles. The van der Waals surface area contributed by atoms with E-state index in [-0.39, 0.29) is 17.6 Å². The molecule has 1 amide bonds. The minimum atomic E-state index is -0.408. The van der Waals surface area contributed by atoms with Crippen LogP contribution < -0.4 is 5.32 Å². The average Bonchev–Trinajstić information content (AvgIpc) is 3.40. The third-order valence-electron chi connectivity index (χ3n) is 5.81. The number of carbonyl (C=O) groups excluding carboxylic acids is 1. The highest BCUT2D eigenvalue weighted by Crippen LogP contribution is 2.37. The highest BCUT2D eigenvalue weighted by molar-refractivity contribution is 6.08. The van der Waals surface area contributed by atoms with Crippen LogP contribution in [-0.4, -0.2) is 31.1 Å². The van der Waals surface area contributed by atoms with Crippen molar-refractivity contribution in [3.63, 3.8) is 0 Å². The van der Waals surface area contributed by atoms with Crippen LogP contribution in [0.1, 0.15) is 29.2 Å². The molecule has 2 heterocycles. The van der Waals surface area contributed by atoms with E-state index in [1.54, 1.807) is 48.5 Å². The molecule has 1 aliphatic carbocycles. The molecule has 0 radical (unpaired) electrons. The lowest BCUT2D eigenvalue weighted by Gasteiger charge is -2.10. The van der Waals surface area contributed by atoms with E-state index in [2.05, 4.69) is 25.8 Å². The first-order valence-corrected chi connectivity index (χ1v) is 11.2. The molecule has 35 heavy (non-hydrogen) atoms. The summed E-state index contributed by atoms with van der Waals surface area (Å²) in [5.74, 6) is 0.448. The Labute approximate surface area is 199 Å². The van der Waals surface area contributed by atoms with E-state index in [4.69, 9.17) is 4.42 Å². The lowest BCUT2D eigenvalue weighted by Crippen LogP contribution is -2.13. The normalized spacial score (nSPS) is 13.1. The molecule has 1 saturated carbocycles. The number of hydrogen-bond acceptors (Lipinski definition) is 6. The van der Waals surface area contributed by atoms with E-state index in [0.717, 1.165) is 18.4 Å². The van der Waals surface area contributed by atoms with Gasteiger partial charge >= 0.3 is 0 Å². The molecule has 6 rings (SSSR count). The van der Waals surface area contributed by atoms with Gasteiger partial charge in [0.25, 0.3) is 5.91 Å². The van der Waals surface area contributed by atoms with Gasteiger partial charge in [-0.25, -0.2) is 14.1 Å². The number of tetrazole rings is 1. The number of amides is 1. The molecule has 0 atom stereocenters. The summed E-state index contributed by atoms with van der Waals surface area (Å²) in [6.45, 7) is 0. The molecule has 0 saturated heterocycles. The van der Waals surface area contributed by atoms with Crippen LogP contribution in [0.4, 0.5) is 10.1 Å². The zero-order chi connectivity index (χ0) is 23.8. The minimum absolute atomic E-state index is 0.228. The van der Waals surface area contributed by atoms with Gasteiger partial charge in [0.15, 0.2) is 11.6 Å². The van der Waals surface area contributed by atoms with Gasteiger partial charge in [-0.3, -0.25) is 4.79 Å². The zero-order valence-electron chi connectivity index (χ0n) is 18.4. The number of oxazole rings is 1. The standard InChI is InChI=1S/C26H19FN6O2/c27-22-11-4-3-10-21(22)23-15-28-26(35-23)20-9-2-1-8-19(20)25(34)29-17-7-5-6-16(14-17)24-30-31-32-33(24)18-12-13-18/h1-11,14-15,18H,12-13H2,(H,29,34). The number of nitrogens with zero attached hydrogens (tertiary/aromatic N) is 5. The maximum absolute atomic E-state index is 14.2. The molecular weight excluding hydrogens is 447 g/mol. The largest absolute Gasteiger partial charge is 0.436 e. The molecule has 2 aromatic heterocycles. The van der Waals surface area contributed by atoms with Crippen molar-refractivity contribution in [2.75, 3.05) is 5.32 Å². The number of hydrogen-bond donors (Lipinski definition) is 1. The van der Waals surface area contributed by atoms with Crippen LogP contribution in [0.2, 0.25) is 0 Å². The summed E-state index contributed by atoms with van der Waals surface area (Å²) in [6, 6.07) is 21.0. The summed E-state index contributed by atoms with van der Waals surface area (Å²) < 4.78 is 21.8. The molecule has 9 heteroatoms. The summed E-state index contributed by atoms with van der Waals surface area (Å²) in [7, 11) is 0. The topological polar surface area (TPSA) is 98.7 Å². The van der Waals surface area contributed by atoms with Crippen LogP contribution in [0.5, 0.6) is 0 Å². The molecule has 172 valence electrons. The Hall–Kier alpha value is -4.66. The van der Waals surface area contributed by atoms with Gasteiger partial charge in [-0.2, -0.15) is 0 Å². The first-order chi connectivity index (χ1) is 17.2. The predicted molar refractivity (Wildman–Crippen MR) is 127 cm³/mol. The fourth-order valence-electron chi connectivity index (χ4n) is 3.93. The van der Waals surface area contributed by atoms with Crippen LogP contribution in [0.25, 0.3) is 34.2 Å². The van der Waals surface area contributed by atoms with E-state index in [9.17, 15) is 9.18 Å². The molecule has 1 N–H and O–H groups in total. The number of nitrogens with one attached hydrogen (secondary N) is 1. The van der Waals surface area contributed by atoms with Crippen molar-refractivity contribution >= 4 is 11.6 Å². The van der Waals surface area contributed by atoms with E-state index in [1.807, 2.05) is 22.9 Å². The van der Waals surface area contributed by atoms with Gasteiger partial charge in [0.2, 0.25) is 5.89 Å². The van der Waals surface area contributed by atoms with Crippen LogP contribution in [0, 0.1) is 5.82 Å². The van der Waals surface area contributed by atoms with Gasteiger partial charge in [0.05, 0.1) is 23.4 Å². The fourth-order valence-corrected chi connectivity index (χ4v) is 3.93. The third-order valence-corrected chi connectivity index (χ3v) is 5.81. The van der Waals surface area contributed by atoms with Crippen molar-refractivity contribution in [1.82, 2.24) is 25.2 Å². The Morgan fingerprint density at radius 2 is 1.80 bits per heavy atom. The molecule has 8 nitrogen and oxygen atoms in total. The number of rotatable bonds is 6. The first kappa shape index (κ1) is 20.9. The number of benzene rings is 3. The van der Waals surface area contributed by atoms with Crippen LogP contribution in [-0.2, 0) is 0 Å². The maximum Gasteiger partial charge on any atom is 0.256 e. The number of aromatic nitrogens is 5. The van der Waals surface area contributed by atoms with Crippen molar-refractivity contribution in [2.24, 2.45) is 0 Å². The fraction of sp³-hybridized carbons (Fsp3) is 0.115. The van der Waals surface area contributed by atoms with Crippen LogP contribution in [0.3, 0.4) is 0 Å². The van der Waals surface area contributed by atoms with E-state index >= 15 is 0 Å². The van der Waals surface area contributed by atoms with Crippen molar-refractivity contribution in [2.45, 2.75) is 18.9 Å². The summed E-state index contributed by atoms with van der Waals surface area (Å²) in [4.78, 5) is 17.5. The van der Waals surface area contributed by atoms with E-state index in [0.29, 0.717) is 34.2 Å². The summed E-state index contributed by atoms with van der Waals surface area (Å²) in [5, 5.41) is 15.0. The van der Waals surface area contributed by atoms with Gasteiger partial charge in [-0.15, -0.1) is 5.10 Å². The molecular formula is C26H19FN6O2. The lowest BCUT2D eigenvalue weighted by atomic mass is 10.1. The number of carbonyl (C=O) groups is 1. The highest BCUT2D eigenvalue weighted by Gasteiger charge is 2.28. The third kappa shape index (κ3) is 4.08. The van der Waals surface area contributed by atoms with Gasteiger partial charge in [0.1, 0.15) is 5.82 Å². The number of halogens is 1. The van der Waals surface area contributed by atoms with E-state index in [1.165, 1.54) is 12.3 Å². The first-order valence-electron chi connectivity index (χ1n) is 11.2. The van der Waals surface area contributed by atoms with Gasteiger partial charge < -0.3 is 9.73 Å². The Bertz CT molecular complexity index is 1540. The smallest absolute Gasteiger partial charge is 0.256 e. The minimum Gasteiger partial charge on any atom is -0.436 e. The highest BCUT2D eigenvalue weighted by atomic mass is 19.1. The Morgan fingerprint density at radius 1 is 1.00 bits per heavy atom. The molecule has 0 unspecified atom stereocenters. The van der Waals surface area contributed by atoms with Crippen LogP contribution >= 0.6 is 0 Å². The quantitative estimate of drug-likeness (QED) is 0.360. The molecule has 0 bridgehead atoms. The van der Waals surface area contributed by atoms with Crippen molar-refractivity contribution in [3.8, 4) is 34.2 Å². The lowest BCUT2D eigenvalue weighted by molar-refractivity contribution is 0.102. The predicted octanol–water partition coefficient (Wildman–Crippen LogP) is 5.39. The van der Waals surface area contributed by atoms with E-state index < -0.39 is 5.82 Å². The molecule has 5 aromatic rings. The van der Waals surface area contributed by atoms with Crippen molar-refractivity contribution in [1.29, 1.82) is 0 Å². The Balaban J connectivity index is 1.28. The zero-order valence-corrected chi connectivity index (χ0v) is 18.4. The second kappa shape index (κ2) is 8.60. The van der Waals surface area contributed by atoms with Crippen molar-refractivity contribution < 1.29 is 13.6 Å². The molecule has 1 fully saturated rings. The van der Waals surface area contributed by atoms with Gasteiger partial charge in [-0.1, -0.05) is 36.4 Å². The maximum atomic E-state index is 14.2. The Kier molecular flexibility index (Phi) is 5.14. The molecule has 0 aliphatic heterocycles. The van der Waals surface area contributed by atoms with Gasteiger partial charge in [-0.05, 0) is 59.7 Å². The second-order valence-electron chi connectivity index (χ2n) is 8.27. The summed E-state index contributed by atoms with van der Waals surface area (Å²) in [6.07, 6.45) is 3.57. The molecule has 0 spiro atoms.